The molecule has 3 rings (SSSR count). The van der Waals surface area contributed by atoms with Crippen molar-refractivity contribution in [1.29, 1.82) is 0 Å². The Morgan fingerprint density at radius 1 is 0.609 bits per heavy atom. The third-order valence-electron chi connectivity index (χ3n) is 4.09. The van der Waals surface area contributed by atoms with E-state index in [-0.39, 0.29) is 6.10 Å². The minimum absolute atomic E-state index is 0.0285. The molecule has 3 aromatic carbocycles. The van der Waals surface area contributed by atoms with E-state index in [4.69, 9.17) is 4.43 Å². The summed E-state index contributed by atoms with van der Waals surface area (Å²) in [6.45, 7) is 4.53. The molecule has 0 radical (unpaired) electrons. The van der Waals surface area contributed by atoms with Crippen molar-refractivity contribution >= 4 is 13.5 Å². The quantitative estimate of drug-likeness (QED) is 0.608. The molecule has 0 aliphatic heterocycles. The molecule has 0 saturated heterocycles. The predicted molar refractivity (Wildman–Crippen MR) is 99.4 cm³/mol. The van der Waals surface area contributed by atoms with Gasteiger partial charge in [-0.15, -0.1) is 0 Å². The molecule has 3 aromatic rings. The van der Waals surface area contributed by atoms with Crippen LogP contribution in [0.15, 0.2) is 91.0 Å². The van der Waals surface area contributed by atoms with Crippen LogP contribution in [0.1, 0.15) is 17.2 Å². The normalized spacial score (nSPS) is 11.6. The molecule has 0 heterocycles. The molecule has 0 fully saturated rings. The summed E-state index contributed by atoms with van der Waals surface area (Å²) in [5.41, 5.74) is 2.41. The zero-order valence-electron chi connectivity index (χ0n) is 13.6. The fraction of sp³-hybridized carbons (Fsp3) is 0.143. The third-order valence-corrected chi connectivity index (χ3v) is 6.63. The SMILES string of the molecule is C[Si](C)(OC(c1ccccc1)c1ccccc1)c1ccccc1. The Morgan fingerprint density at radius 2 is 1.00 bits per heavy atom. The molecule has 0 amide bonds. The fourth-order valence-electron chi connectivity index (χ4n) is 2.79. The zero-order valence-corrected chi connectivity index (χ0v) is 14.6. The summed E-state index contributed by atoms with van der Waals surface area (Å²) in [4.78, 5) is 0. The summed E-state index contributed by atoms with van der Waals surface area (Å²) in [6, 6.07) is 31.6. The van der Waals surface area contributed by atoms with Crippen LogP contribution in [0.25, 0.3) is 0 Å². The number of benzene rings is 3. The second-order valence-corrected chi connectivity index (χ2v) is 10.0. The summed E-state index contributed by atoms with van der Waals surface area (Å²) in [5.74, 6) is 0. The molecule has 2 heteroatoms. The smallest absolute Gasteiger partial charge is 0.219 e. The Kier molecular flexibility index (Phi) is 4.75. The number of rotatable bonds is 5. The van der Waals surface area contributed by atoms with Gasteiger partial charge in [0.25, 0.3) is 0 Å². The first-order valence-corrected chi connectivity index (χ1v) is 10.9. The Bertz CT molecular complexity index is 684. The average Bonchev–Trinajstić information content (AvgIpc) is 2.62. The molecular weight excluding hydrogens is 296 g/mol. The van der Waals surface area contributed by atoms with Gasteiger partial charge in [-0.1, -0.05) is 91.0 Å². The maximum atomic E-state index is 6.74. The monoisotopic (exact) mass is 318 g/mol. The van der Waals surface area contributed by atoms with Crippen LogP contribution in [-0.2, 0) is 4.43 Å². The van der Waals surface area contributed by atoms with Crippen molar-refractivity contribution in [3.8, 4) is 0 Å². The van der Waals surface area contributed by atoms with Crippen molar-refractivity contribution < 1.29 is 4.43 Å². The minimum Gasteiger partial charge on any atom is -0.402 e. The predicted octanol–water partition coefficient (Wildman–Crippen LogP) is 4.90. The highest BCUT2D eigenvalue weighted by atomic mass is 28.4. The Hall–Kier alpha value is -2.16. The molecule has 0 saturated carbocycles. The van der Waals surface area contributed by atoms with Gasteiger partial charge in [0.2, 0.25) is 8.32 Å². The molecule has 0 aliphatic rings. The molecule has 0 atom stereocenters. The second kappa shape index (κ2) is 6.94. The summed E-state index contributed by atoms with van der Waals surface area (Å²) >= 11 is 0. The first kappa shape index (κ1) is 15.7. The fourth-order valence-corrected chi connectivity index (χ4v) is 4.78. The summed E-state index contributed by atoms with van der Waals surface area (Å²) < 4.78 is 6.74. The average molecular weight is 318 g/mol. The molecule has 0 N–H and O–H groups in total. The van der Waals surface area contributed by atoms with Gasteiger partial charge < -0.3 is 4.43 Å². The molecular formula is C21H22OSi. The highest BCUT2D eigenvalue weighted by Gasteiger charge is 2.30. The van der Waals surface area contributed by atoms with Crippen LogP contribution in [0, 0.1) is 0 Å². The number of hydrogen-bond donors (Lipinski definition) is 0. The van der Waals surface area contributed by atoms with Crippen LogP contribution < -0.4 is 5.19 Å². The molecule has 0 aliphatic carbocycles. The maximum absolute atomic E-state index is 6.74. The van der Waals surface area contributed by atoms with E-state index >= 15 is 0 Å². The van der Waals surface area contributed by atoms with Gasteiger partial charge in [0.05, 0.1) is 6.10 Å². The summed E-state index contributed by atoms with van der Waals surface area (Å²) in [7, 11) is -2.01. The largest absolute Gasteiger partial charge is 0.402 e. The van der Waals surface area contributed by atoms with Crippen molar-refractivity contribution in [2.75, 3.05) is 0 Å². The van der Waals surface area contributed by atoms with Gasteiger partial charge in [-0.2, -0.15) is 0 Å². The standard InChI is InChI=1S/C21H22OSi/c1-23(2,20-16-10-5-11-17-20)22-21(18-12-6-3-7-13-18)19-14-8-4-9-15-19/h3-17,21H,1-2H3. The first-order valence-electron chi connectivity index (χ1n) is 8.00. The van der Waals surface area contributed by atoms with Crippen molar-refractivity contribution in [3.05, 3.63) is 102 Å². The van der Waals surface area contributed by atoms with Crippen LogP contribution in [0.5, 0.6) is 0 Å². The van der Waals surface area contributed by atoms with E-state index < -0.39 is 8.32 Å². The van der Waals surface area contributed by atoms with Gasteiger partial charge in [-0.05, 0) is 29.4 Å². The van der Waals surface area contributed by atoms with Gasteiger partial charge in [-0.25, -0.2) is 0 Å². The van der Waals surface area contributed by atoms with Crippen LogP contribution in [-0.4, -0.2) is 8.32 Å². The highest BCUT2D eigenvalue weighted by Crippen LogP contribution is 2.29. The lowest BCUT2D eigenvalue weighted by Gasteiger charge is -2.30. The van der Waals surface area contributed by atoms with E-state index in [1.807, 2.05) is 12.1 Å². The molecule has 0 aromatic heterocycles. The summed E-state index contributed by atoms with van der Waals surface area (Å²) in [5, 5.41) is 1.32. The van der Waals surface area contributed by atoms with Crippen molar-refractivity contribution in [3.63, 3.8) is 0 Å². The van der Waals surface area contributed by atoms with E-state index in [1.165, 1.54) is 16.3 Å². The highest BCUT2D eigenvalue weighted by molar-refractivity contribution is 6.84. The summed E-state index contributed by atoms with van der Waals surface area (Å²) in [6.07, 6.45) is -0.0285. The number of hydrogen-bond acceptors (Lipinski definition) is 1. The van der Waals surface area contributed by atoms with E-state index in [1.54, 1.807) is 0 Å². The Balaban J connectivity index is 1.97. The van der Waals surface area contributed by atoms with E-state index in [9.17, 15) is 0 Å². The molecule has 0 spiro atoms. The first-order chi connectivity index (χ1) is 11.2. The van der Waals surface area contributed by atoms with E-state index in [0.29, 0.717) is 0 Å². The lowest BCUT2D eigenvalue weighted by Crippen LogP contribution is -2.45. The van der Waals surface area contributed by atoms with Crippen LogP contribution in [0.3, 0.4) is 0 Å². The van der Waals surface area contributed by atoms with Gasteiger partial charge in [0.1, 0.15) is 0 Å². The van der Waals surface area contributed by atoms with Crippen molar-refractivity contribution in [2.45, 2.75) is 19.2 Å². The molecule has 116 valence electrons. The van der Waals surface area contributed by atoms with Gasteiger partial charge in [-0.3, -0.25) is 0 Å². The van der Waals surface area contributed by atoms with Crippen molar-refractivity contribution in [1.82, 2.24) is 0 Å². The van der Waals surface area contributed by atoms with Gasteiger partial charge in [0, 0.05) is 0 Å². The minimum atomic E-state index is -2.01. The topological polar surface area (TPSA) is 9.23 Å². The van der Waals surface area contributed by atoms with Crippen molar-refractivity contribution in [2.24, 2.45) is 0 Å². The Labute approximate surface area is 139 Å². The molecule has 23 heavy (non-hydrogen) atoms. The second-order valence-electron chi connectivity index (χ2n) is 6.20. The Morgan fingerprint density at radius 3 is 1.43 bits per heavy atom. The molecule has 0 unspecified atom stereocenters. The van der Waals surface area contributed by atoms with E-state index in [2.05, 4.69) is 92.0 Å². The van der Waals surface area contributed by atoms with Gasteiger partial charge >= 0.3 is 0 Å². The van der Waals surface area contributed by atoms with Gasteiger partial charge in [0.15, 0.2) is 0 Å². The van der Waals surface area contributed by atoms with E-state index in [0.717, 1.165) is 0 Å². The third kappa shape index (κ3) is 3.78. The molecule has 0 bridgehead atoms. The zero-order chi connectivity index (χ0) is 16.1. The lowest BCUT2D eigenvalue weighted by molar-refractivity contribution is 0.243. The van der Waals surface area contributed by atoms with Crippen LogP contribution in [0.4, 0.5) is 0 Å². The lowest BCUT2D eigenvalue weighted by atomic mass is 10.0. The maximum Gasteiger partial charge on any atom is 0.219 e. The van der Waals surface area contributed by atoms with Crippen LogP contribution >= 0.6 is 0 Å². The molecule has 1 nitrogen and oxygen atoms in total. The van der Waals surface area contributed by atoms with Crippen LogP contribution in [0.2, 0.25) is 13.1 Å².